The van der Waals surface area contributed by atoms with Gasteiger partial charge in [0.05, 0.1) is 23.5 Å². The maximum absolute atomic E-state index is 15.3. The lowest BCUT2D eigenvalue weighted by Crippen LogP contribution is -2.28. The highest BCUT2D eigenvalue weighted by atomic mass is 19.1. The van der Waals surface area contributed by atoms with Crippen molar-refractivity contribution in [1.29, 1.82) is 5.26 Å². The molecule has 0 amide bonds. The van der Waals surface area contributed by atoms with E-state index in [2.05, 4.69) is 20.7 Å². The monoisotopic (exact) mass is 575 g/mol. The normalized spacial score (nSPS) is 12.9. The highest BCUT2D eigenvalue weighted by Gasteiger charge is 2.27. The summed E-state index contributed by atoms with van der Waals surface area (Å²) >= 11 is 0. The summed E-state index contributed by atoms with van der Waals surface area (Å²) in [6, 6.07) is 13.9. The van der Waals surface area contributed by atoms with Crippen molar-refractivity contribution in [3.05, 3.63) is 71.3 Å². The van der Waals surface area contributed by atoms with Crippen LogP contribution in [0.15, 0.2) is 48.5 Å². The zero-order chi connectivity index (χ0) is 30.8. The number of benzene rings is 2. The number of esters is 1. The first kappa shape index (κ1) is 30.2. The Balaban J connectivity index is 1.69. The van der Waals surface area contributed by atoms with Crippen molar-refractivity contribution < 1.29 is 18.3 Å². The minimum Gasteiger partial charge on any atom is -0.460 e. The van der Waals surface area contributed by atoms with Crippen molar-refractivity contribution in [1.82, 2.24) is 14.8 Å². The molecule has 4 rings (SSSR count). The molecule has 0 unspecified atom stereocenters. The smallest absolute Gasteiger partial charge is 0.306 e. The molecule has 0 saturated carbocycles. The van der Waals surface area contributed by atoms with Crippen LogP contribution >= 0.6 is 0 Å². The standard InChI is InChI=1S/C31H35F2N7O2/c1-18(13-26(41)42-31(2,3)4)27(19-9-8-10-21(32)14-19)36-29-24(33)15-20(17-34)28(37-29)35-22-11-12-25-23(16-22)30(39(5)6)38-40(25)7/h8-12,14-16,18,27H,13H2,1-7H3,(H2,35,36,37)/t18-,27+/m1/s1. The van der Waals surface area contributed by atoms with E-state index in [4.69, 9.17) is 4.74 Å². The van der Waals surface area contributed by atoms with Gasteiger partial charge in [0.1, 0.15) is 17.5 Å². The van der Waals surface area contributed by atoms with Gasteiger partial charge in [-0.1, -0.05) is 19.1 Å². The Morgan fingerprint density at radius 2 is 1.88 bits per heavy atom. The van der Waals surface area contributed by atoms with E-state index in [0.29, 0.717) is 11.3 Å². The van der Waals surface area contributed by atoms with Crippen LogP contribution in [0.3, 0.4) is 0 Å². The minimum atomic E-state index is -0.763. The number of nitrogens with zero attached hydrogens (tertiary/aromatic N) is 5. The fourth-order valence-corrected chi connectivity index (χ4v) is 4.73. The predicted molar refractivity (Wildman–Crippen MR) is 160 cm³/mol. The molecule has 2 aromatic heterocycles. The summed E-state index contributed by atoms with van der Waals surface area (Å²) < 4.78 is 36.8. The SMILES string of the molecule is C[C@H](CC(=O)OC(C)(C)C)[C@H](Nc1nc(Nc2ccc3c(c2)c(N(C)C)nn3C)c(C#N)cc1F)c1cccc(F)c1. The third kappa shape index (κ3) is 6.94. The summed E-state index contributed by atoms with van der Waals surface area (Å²) in [7, 11) is 5.65. The lowest BCUT2D eigenvalue weighted by Gasteiger charge is -2.28. The molecule has 42 heavy (non-hydrogen) atoms. The third-order valence-corrected chi connectivity index (χ3v) is 6.59. The van der Waals surface area contributed by atoms with Crippen molar-refractivity contribution in [2.75, 3.05) is 29.6 Å². The van der Waals surface area contributed by atoms with Gasteiger partial charge >= 0.3 is 5.97 Å². The molecule has 2 atom stereocenters. The average molecular weight is 576 g/mol. The fraction of sp³-hybridized carbons (Fsp3) is 0.355. The summed E-state index contributed by atoms with van der Waals surface area (Å²) in [5.74, 6) is -1.36. The van der Waals surface area contributed by atoms with Gasteiger partial charge in [-0.05, 0) is 68.7 Å². The van der Waals surface area contributed by atoms with Crippen molar-refractivity contribution in [3.8, 4) is 6.07 Å². The van der Waals surface area contributed by atoms with Gasteiger partial charge in [0, 0.05) is 32.2 Å². The van der Waals surface area contributed by atoms with E-state index in [1.807, 2.05) is 50.3 Å². The zero-order valence-corrected chi connectivity index (χ0v) is 24.8. The number of aryl methyl sites for hydroxylation is 1. The van der Waals surface area contributed by atoms with Crippen LogP contribution in [-0.4, -0.2) is 40.4 Å². The Hall–Kier alpha value is -4.72. The fourth-order valence-electron chi connectivity index (χ4n) is 4.73. The lowest BCUT2D eigenvalue weighted by molar-refractivity contribution is -0.155. The van der Waals surface area contributed by atoms with Gasteiger partial charge in [0.15, 0.2) is 23.3 Å². The zero-order valence-electron chi connectivity index (χ0n) is 24.8. The molecule has 0 fully saturated rings. The maximum Gasteiger partial charge on any atom is 0.306 e. The Morgan fingerprint density at radius 1 is 1.14 bits per heavy atom. The number of halogens is 2. The number of hydrogen-bond donors (Lipinski definition) is 2. The topological polar surface area (TPSA) is 108 Å². The van der Waals surface area contributed by atoms with E-state index in [9.17, 15) is 14.4 Å². The van der Waals surface area contributed by atoms with Crippen LogP contribution in [0.5, 0.6) is 0 Å². The molecule has 0 aliphatic rings. The summed E-state index contributed by atoms with van der Waals surface area (Å²) in [6.07, 6.45) is -0.00616. The number of anilines is 4. The quantitative estimate of drug-likeness (QED) is 0.219. The average Bonchev–Trinajstić information content (AvgIpc) is 3.23. The van der Waals surface area contributed by atoms with Crippen LogP contribution in [0.25, 0.3) is 10.9 Å². The number of nitrogens with one attached hydrogen (secondary N) is 2. The van der Waals surface area contributed by atoms with Crippen LogP contribution in [0.4, 0.5) is 31.9 Å². The number of ether oxygens (including phenoxy) is 1. The molecule has 9 nitrogen and oxygen atoms in total. The van der Waals surface area contributed by atoms with Gasteiger partial charge in [-0.3, -0.25) is 9.48 Å². The third-order valence-electron chi connectivity index (χ3n) is 6.59. The first-order valence-electron chi connectivity index (χ1n) is 13.5. The predicted octanol–water partition coefficient (Wildman–Crippen LogP) is 6.45. The molecule has 0 aliphatic carbocycles. The first-order valence-corrected chi connectivity index (χ1v) is 13.5. The van der Waals surface area contributed by atoms with Crippen LogP contribution in [-0.2, 0) is 16.6 Å². The Kier molecular flexibility index (Phi) is 8.66. The number of nitriles is 1. The number of carbonyl (C=O) groups excluding carboxylic acids is 1. The molecule has 2 N–H and O–H groups in total. The summed E-state index contributed by atoms with van der Waals surface area (Å²) in [5, 5.41) is 21.4. The van der Waals surface area contributed by atoms with Gasteiger partial charge in [0.2, 0.25) is 0 Å². The van der Waals surface area contributed by atoms with E-state index in [-0.39, 0.29) is 23.6 Å². The Bertz CT molecular complexity index is 1650. The molecule has 4 aromatic rings. The van der Waals surface area contributed by atoms with Gasteiger partial charge in [-0.2, -0.15) is 10.4 Å². The minimum absolute atomic E-state index is 0.00118. The molecule has 11 heteroatoms. The van der Waals surface area contributed by atoms with Crippen LogP contribution in [0.1, 0.15) is 51.3 Å². The number of aromatic nitrogens is 3. The van der Waals surface area contributed by atoms with E-state index in [0.717, 1.165) is 22.8 Å². The van der Waals surface area contributed by atoms with Crippen LogP contribution < -0.4 is 15.5 Å². The van der Waals surface area contributed by atoms with Crippen LogP contribution in [0, 0.1) is 28.9 Å². The molecular weight excluding hydrogens is 540 g/mol. The van der Waals surface area contributed by atoms with Gasteiger partial charge in [-0.25, -0.2) is 13.8 Å². The molecule has 0 spiro atoms. The maximum atomic E-state index is 15.3. The van der Waals surface area contributed by atoms with Gasteiger partial charge in [-0.15, -0.1) is 0 Å². The van der Waals surface area contributed by atoms with Crippen molar-refractivity contribution in [2.45, 2.75) is 45.8 Å². The Labute approximate surface area is 244 Å². The van der Waals surface area contributed by atoms with Crippen molar-refractivity contribution >= 4 is 40.0 Å². The van der Waals surface area contributed by atoms with Gasteiger partial charge in [0.25, 0.3) is 0 Å². The summed E-state index contributed by atoms with van der Waals surface area (Å²) in [5.41, 5.74) is 1.37. The molecule has 0 bridgehead atoms. The van der Waals surface area contributed by atoms with E-state index >= 15 is 4.39 Å². The lowest BCUT2D eigenvalue weighted by atomic mass is 9.91. The molecule has 220 valence electrons. The van der Waals surface area contributed by atoms with Crippen molar-refractivity contribution in [2.24, 2.45) is 13.0 Å². The first-order chi connectivity index (χ1) is 19.8. The summed E-state index contributed by atoms with van der Waals surface area (Å²) in [4.78, 5) is 19.0. The van der Waals surface area contributed by atoms with E-state index in [1.165, 1.54) is 12.1 Å². The second-order valence-electron chi connectivity index (χ2n) is 11.5. The largest absolute Gasteiger partial charge is 0.460 e. The Morgan fingerprint density at radius 3 is 2.52 bits per heavy atom. The summed E-state index contributed by atoms with van der Waals surface area (Å²) in [6.45, 7) is 7.11. The molecule has 2 heterocycles. The number of hydrogen-bond acceptors (Lipinski definition) is 8. The molecule has 0 saturated heterocycles. The second-order valence-corrected chi connectivity index (χ2v) is 11.5. The highest BCUT2D eigenvalue weighted by molar-refractivity contribution is 5.93. The second kappa shape index (κ2) is 12.0. The van der Waals surface area contributed by atoms with E-state index in [1.54, 1.807) is 44.5 Å². The highest BCUT2D eigenvalue weighted by Crippen LogP contribution is 2.33. The van der Waals surface area contributed by atoms with Crippen LogP contribution in [0.2, 0.25) is 0 Å². The van der Waals surface area contributed by atoms with Crippen molar-refractivity contribution in [3.63, 3.8) is 0 Å². The van der Waals surface area contributed by atoms with Gasteiger partial charge < -0.3 is 20.3 Å². The molecule has 0 radical (unpaired) electrons. The number of carbonyl (C=O) groups is 1. The van der Waals surface area contributed by atoms with E-state index < -0.39 is 35.2 Å². The number of pyridine rings is 1. The number of rotatable bonds is 9. The number of fused-ring (bicyclic) bond motifs is 1. The molecule has 2 aromatic carbocycles. The molecule has 0 aliphatic heterocycles. The molecular formula is C31H35F2N7O2.